The Kier molecular flexibility index (Phi) is 4.53. The summed E-state index contributed by atoms with van der Waals surface area (Å²) >= 11 is 6.26. The number of hydrogen-bond acceptors (Lipinski definition) is 5. The summed E-state index contributed by atoms with van der Waals surface area (Å²) in [7, 11) is 0. The molecular weight excluding hydrogens is 417 g/mol. The van der Waals surface area contributed by atoms with Gasteiger partial charge in [0.1, 0.15) is 23.7 Å². The lowest BCUT2D eigenvalue weighted by Gasteiger charge is -2.19. The normalized spacial score (nSPS) is 12.2. The molecule has 7 nitrogen and oxygen atoms in total. The number of hydrogen-bond donors (Lipinski definition) is 2. The quantitative estimate of drug-likeness (QED) is 0.411. The number of imidazole rings is 1. The average Bonchev–Trinajstić information content (AvgIpc) is 3.36. The van der Waals surface area contributed by atoms with Crippen molar-refractivity contribution in [1.82, 2.24) is 24.5 Å². The van der Waals surface area contributed by atoms with Gasteiger partial charge in [0, 0.05) is 16.1 Å². The fourth-order valence-corrected chi connectivity index (χ4v) is 4.02. The van der Waals surface area contributed by atoms with Gasteiger partial charge in [-0.25, -0.2) is 19.3 Å². The lowest BCUT2D eigenvalue weighted by molar-refractivity contribution is 0.626. The van der Waals surface area contributed by atoms with Crippen molar-refractivity contribution in [2.45, 2.75) is 13.0 Å². The van der Waals surface area contributed by atoms with E-state index in [9.17, 15) is 9.65 Å². The Hall–Kier alpha value is -3.96. The summed E-state index contributed by atoms with van der Waals surface area (Å²) in [6, 6.07) is 13.5. The van der Waals surface area contributed by atoms with Gasteiger partial charge in [-0.15, -0.1) is 0 Å². The van der Waals surface area contributed by atoms with E-state index >= 15 is 0 Å². The Labute approximate surface area is 181 Å². The molecule has 0 amide bonds. The van der Waals surface area contributed by atoms with Crippen LogP contribution in [0.2, 0.25) is 5.02 Å². The van der Waals surface area contributed by atoms with E-state index in [4.69, 9.17) is 11.6 Å². The first-order valence-corrected chi connectivity index (χ1v) is 9.85. The molecule has 0 saturated carbocycles. The number of H-pyrrole nitrogens is 1. The highest BCUT2D eigenvalue weighted by Gasteiger charge is 2.24. The van der Waals surface area contributed by atoms with Crippen LogP contribution < -0.4 is 5.32 Å². The SMILES string of the molecule is CC(Nc1ncnc2nc[nH]c12)c1c(C#N)c2ccc(Cl)cc2n1-c1cccc(F)c1. The maximum Gasteiger partial charge on any atom is 0.182 e. The van der Waals surface area contributed by atoms with Gasteiger partial charge in [0.25, 0.3) is 0 Å². The molecule has 5 rings (SSSR count). The second kappa shape index (κ2) is 7.38. The van der Waals surface area contributed by atoms with Crippen LogP contribution >= 0.6 is 11.6 Å². The highest BCUT2D eigenvalue weighted by atomic mass is 35.5. The third-order valence-electron chi connectivity index (χ3n) is 5.13. The molecule has 1 unspecified atom stereocenters. The number of fused-ring (bicyclic) bond motifs is 2. The fraction of sp³-hybridized carbons (Fsp3) is 0.0909. The standard InChI is InChI=1S/C22H15ClFN7/c1-12(30-22-19-21(27-10-26-19)28-11-29-22)20-17(9-25)16-6-5-13(23)7-18(16)31(20)15-4-2-3-14(24)8-15/h2-8,10-12H,1H3,(H2,26,27,28,29,30). The van der Waals surface area contributed by atoms with Crippen LogP contribution in [0.3, 0.4) is 0 Å². The molecule has 0 spiro atoms. The number of aromatic amines is 1. The second-order valence-corrected chi connectivity index (χ2v) is 7.47. The van der Waals surface area contributed by atoms with Crippen LogP contribution in [0.5, 0.6) is 0 Å². The number of aromatic nitrogens is 5. The first kappa shape index (κ1) is 19.0. The van der Waals surface area contributed by atoms with Crippen LogP contribution in [0.1, 0.15) is 24.2 Å². The van der Waals surface area contributed by atoms with Gasteiger partial charge in [0.05, 0.1) is 29.1 Å². The molecule has 2 N–H and O–H groups in total. The minimum atomic E-state index is -0.374. The van der Waals surface area contributed by atoms with Crippen molar-refractivity contribution in [3.05, 3.63) is 77.2 Å². The van der Waals surface area contributed by atoms with Crippen LogP contribution in [0.15, 0.2) is 55.1 Å². The lowest BCUT2D eigenvalue weighted by Crippen LogP contribution is -2.14. The van der Waals surface area contributed by atoms with E-state index in [1.54, 1.807) is 36.7 Å². The largest absolute Gasteiger partial charge is 0.360 e. The zero-order valence-electron chi connectivity index (χ0n) is 16.3. The number of nitrogens with one attached hydrogen (secondary N) is 2. The maximum atomic E-state index is 14.1. The van der Waals surface area contributed by atoms with Crippen molar-refractivity contribution in [3.8, 4) is 11.8 Å². The molecule has 0 aliphatic rings. The van der Waals surface area contributed by atoms with E-state index in [0.29, 0.717) is 44.5 Å². The van der Waals surface area contributed by atoms with Gasteiger partial charge in [-0.05, 0) is 43.3 Å². The monoisotopic (exact) mass is 431 g/mol. The van der Waals surface area contributed by atoms with E-state index in [1.165, 1.54) is 18.5 Å². The van der Waals surface area contributed by atoms with Crippen LogP contribution in [-0.4, -0.2) is 24.5 Å². The molecule has 0 aliphatic carbocycles. The Balaban J connectivity index is 1.74. The summed E-state index contributed by atoms with van der Waals surface area (Å²) < 4.78 is 15.9. The Bertz CT molecular complexity index is 1480. The molecule has 2 aromatic carbocycles. The molecule has 0 saturated heterocycles. The molecule has 9 heteroatoms. The van der Waals surface area contributed by atoms with Crippen LogP contribution in [0, 0.1) is 17.1 Å². The molecule has 1 atom stereocenters. The summed E-state index contributed by atoms with van der Waals surface area (Å²) in [5.74, 6) is 0.175. The third-order valence-corrected chi connectivity index (χ3v) is 5.37. The fourth-order valence-electron chi connectivity index (χ4n) is 3.85. The Morgan fingerprint density at radius 3 is 2.87 bits per heavy atom. The van der Waals surface area contributed by atoms with Crippen LogP contribution in [0.25, 0.3) is 27.8 Å². The van der Waals surface area contributed by atoms with Crippen molar-refractivity contribution in [2.75, 3.05) is 5.32 Å². The van der Waals surface area contributed by atoms with Gasteiger partial charge in [-0.2, -0.15) is 5.26 Å². The van der Waals surface area contributed by atoms with Crippen LogP contribution in [-0.2, 0) is 0 Å². The highest BCUT2D eigenvalue weighted by molar-refractivity contribution is 6.31. The van der Waals surface area contributed by atoms with E-state index in [1.807, 2.05) is 11.5 Å². The molecule has 5 aromatic rings. The molecule has 0 bridgehead atoms. The molecule has 152 valence electrons. The first-order valence-electron chi connectivity index (χ1n) is 9.47. The predicted octanol–water partition coefficient (Wildman–Crippen LogP) is 5.13. The zero-order chi connectivity index (χ0) is 21.5. The molecule has 0 radical (unpaired) electrons. The zero-order valence-corrected chi connectivity index (χ0v) is 17.0. The minimum Gasteiger partial charge on any atom is -0.360 e. The number of nitrogens with zero attached hydrogens (tertiary/aromatic N) is 5. The smallest absolute Gasteiger partial charge is 0.182 e. The number of nitriles is 1. The summed E-state index contributed by atoms with van der Waals surface area (Å²) in [4.78, 5) is 15.6. The number of rotatable bonds is 4. The number of halogens is 2. The molecule has 3 aromatic heterocycles. The summed E-state index contributed by atoms with van der Waals surface area (Å²) in [6.45, 7) is 1.91. The molecule has 31 heavy (non-hydrogen) atoms. The Morgan fingerprint density at radius 1 is 1.19 bits per heavy atom. The van der Waals surface area contributed by atoms with Gasteiger partial charge < -0.3 is 14.9 Å². The van der Waals surface area contributed by atoms with E-state index in [-0.39, 0.29) is 11.9 Å². The van der Waals surface area contributed by atoms with Crippen LogP contribution in [0.4, 0.5) is 10.2 Å². The lowest BCUT2D eigenvalue weighted by atomic mass is 10.1. The third kappa shape index (κ3) is 3.16. The topological polar surface area (TPSA) is 95.2 Å². The minimum absolute atomic E-state index is 0.370. The summed E-state index contributed by atoms with van der Waals surface area (Å²) in [5.41, 5.74) is 3.63. The van der Waals surface area contributed by atoms with Crippen molar-refractivity contribution in [2.24, 2.45) is 0 Å². The summed E-state index contributed by atoms with van der Waals surface area (Å²) in [5, 5.41) is 14.6. The van der Waals surface area contributed by atoms with Crippen molar-refractivity contribution in [3.63, 3.8) is 0 Å². The van der Waals surface area contributed by atoms with Crippen molar-refractivity contribution >= 4 is 39.5 Å². The number of anilines is 1. The molecule has 3 heterocycles. The highest BCUT2D eigenvalue weighted by Crippen LogP contribution is 2.36. The van der Waals surface area contributed by atoms with E-state index < -0.39 is 0 Å². The second-order valence-electron chi connectivity index (χ2n) is 7.04. The number of benzene rings is 2. The first-order chi connectivity index (χ1) is 15.1. The molecule has 0 aliphatic heterocycles. The summed E-state index contributed by atoms with van der Waals surface area (Å²) in [6.07, 6.45) is 2.97. The van der Waals surface area contributed by atoms with Crippen molar-refractivity contribution in [1.29, 1.82) is 5.26 Å². The van der Waals surface area contributed by atoms with Crippen molar-refractivity contribution < 1.29 is 4.39 Å². The average molecular weight is 432 g/mol. The predicted molar refractivity (Wildman–Crippen MR) is 117 cm³/mol. The molecular formula is C22H15ClFN7. The van der Waals surface area contributed by atoms with Gasteiger partial charge >= 0.3 is 0 Å². The Morgan fingerprint density at radius 2 is 2.06 bits per heavy atom. The van der Waals surface area contributed by atoms with E-state index in [0.717, 1.165) is 5.39 Å². The van der Waals surface area contributed by atoms with Gasteiger partial charge in [0.2, 0.25) is 0 Å². The van der Waals surface area contributed by atoms with E-state index in [2.05, 4.69) is 31.3 Å². The molecule has 0 fully saturated rings. The van der Waals surface area contributed by atoms with Gasteiger partial charge in [-0.1, -0.05) is 17.7 Å². The maximum absolute atomic E-state index is 14.1. The van der Waals surface area contributed by atoms with Gasteiger partial charge in [0.15, 0.2) is 11.5 Å². The van der Waals surface area contributed by atoms with Gasteiger partial charge in [-0.3, -0.25) is 0 Å².